The van der Waals surface area contributed by atoms with E-state index < -0.39 is 5.54 Å². The Hall–Kier alpha value is -1.69. The lowest BCUT2D eigenvalue weighted by molar-refractivity contribution is -0.155. The van der Waals surface area contributed by atoms with Crippen LogP contribution in [-0.4, -0.2) is 40.1 Å². The minimum absolute atomic E-state index is 0.102. The van der Waals surface area contributed by atoms with Gasteiger partial charge in [0, 0.05) is 25.4 Å². The highest BCUT2D eigenvalue weighted by Crippen LogP contribution is 2.36. The fourth-order valence-corrected chi connectivity index (χ4v) is 3.59. The molecule has 0 aromatic carbocycles. The first-order valence-corrected chi connectivity index (χ1v) is 7.07. The van der Waals surface area contributed by atoms with Gasteiger partial charge in [-0.15, -0.1) is 0 Å². The molecule has 100 valence electrons. The second-order valence-electron chi connectivity index (χ2n) is 5.23. The molecule has 3 heterocycles. The van der Waals surface area contributed by atoms with E-state index in [0.717, 1.165) is 10.5 Å². The quantitative estimate of drug-likeness (QED) is 0.726. The van der Waals surface area contributed by atoms with Gasteiger partial charge in [-0.25, -0.2) is 0 Å². The second-order valence-corrected chi connectivity index (χ2v) is 5.98. The van der Waals surface area contributed by atoms with Crippen LogP contribution in [0.3, 0.4) is 0 Å². The molecule has 1 aromatic heterocycles. The third-order valence-corrected chi connectivity index (χ3v) is 4.90. The lowest BCUT2D eigenvalue weighted by Gasteiger charge is -2.42. The Bertz CT molecular complexity index is 594. The largest absolute Gasteiger partial charge is 0.320 e. The number of fused-ring (bicyclic) bond motifs is 1. The lowest BCUT2D eigenvalue weighted by Crippen LogP contribution is -2.61. The van der Waals surface area contributed by atoms with Crippen LogP contribution in [0.15, 0.2) is 10.8 Å². The summed E-state index contributed by atoms with van der Waals surface area (Å²) in [4.78, 5) is 39.1. The Morgan fingerprint density at radius 3 is 2.68 bits per heavy atom. The summed E-state index contributed by atoms with van der Waals surface area (Å²) in [7, 11) is 1.48. The van der Waals surface area contributed by atoms with Crippen molar-refractivity contribution in [1.29, 1.82) is 0 Å². The van der Waals surface area contributed by atoms with E-state index in [1.165, 1.54) is 18.4 Å². The van der Waals surface area contributed by atoms with Crippen molar-refractivity contribution in [3.05, 3.63) is 21.9 Å². The number of likely N-dealkylation sites (tertiary alicyclic amines) is 1. The standard InChI is InChI=1S/C13H14N2O3S/c1-13(4-3-10(16)14(2)12(13)18)15-5-8-6-19-7-9(8)11(15)17/h6-7H,3-5H2,1-2H3. The first-order valence-electron chi connectivity index (χ1n) is 6.13. The lowest BCUT2D eigenvalue weighted by atomic mass is 9.88. The van der Waals surface area contributed by atoms with Gasteiger partial charge in [0.25, 0.3) is 11.8 Å². The summed E-state index contributed by atoms with van der Waals surface area (Å²) >= 11 is 1.50. The Balaban J connectivity index is 1.95. The molecule has 0 N–H and O–H groups in total. The van der Waals surface area contributed by atoms with Crippen molar-refractivity contribution in [2.45, 2.75) is 31.8 Å². The van der Waals surface area contributed by atoms with E-state index in [2.05, 4.69) is 0 Å². The maximum absolute atomic E-state index is 12.4. The Labute approximate surface area is 114 Å². The summed E-state index contributed by atoms with van der Waals surface area (Å²) in [5.74, 6) is -0.566. The van der Waals surface area contributed by atoms with E-state index in [9.17, 15) is 14.4 Å². The summed E-state index contributed by atoms with van der Waals surface area (Å²) in [5, 5.41) is 3.77. The molecule has 0 spiro atoms. The molecular weight excluding hydrogens is 264 g/mol. The number of imide groups is 1. The average molecular weight is 278 g/mol. The first kappa shape index (κ1) is 12.3. The van der Waals surface area contributed by atoms with Crippen LogP contribution in [-0.2, 0) is 16.1 Å². The molecule has 0 aliphatic carbocycles. The maximum atomic E-state index is 12.4. The minimum Gasteiger partial charge on any atom is -0.320 e. The third kappa shape index (κ3) is 1.56. The van der Waals surface area contributed by atoms with Crippen molar-refractivity contribution in [1.82, 2.24) is 9.80 Å². The molecule has 0 radical (unpaired) electrons. The molecule has 2 aliphatic rings. The van der Waals surface area contributed by atoms with Crippen LogP contribution in [0.1, 0.15) is 35.7 Å². The van der Waals surface area contributed by atoms with Crippen molar-refractivity contribution in [2.24, 2.45) is 0 Å². The van der Waals surface area contributed by atoms with Crippen molar-refractivity contribution in [3.63, 3.8) is 0 Å². The first-order chi connectivity index (χ1) is 8.95. The summed E-state index contributed by atoms with van der Waals surface area (Å²) in [6.45, 7) is 2.22. The topological polar surface area (TPSA) is 57.7 Å². The van der Waals surface area contributed by atoms with Crippen LogP contribution in [0, 0.1) is 0 Å². The molecule has 1 atom stereocenters. The molecule has 1 fully saturated rings. The highest BCUT2D eigenvalue weighted by atomic mass is 32.1. The Morgan fingerprint density at radius 1 is 1.26 bits per heavy atom. The molecule has 1 aromatic rings. The van der Waals surface area contributed by atoms with Crippen molar-refractivity contribution >= 4 is 29.1 Å². The number of carbonyl (C=O) groups excluding carboxylic acids is 3. The molecule has 5 nitrogen and oxygen atoms in total. The fourth-order valence-electron chi connectivity index (χ4n) is 2.77. The van der Waals surface area contributed by atoms with E-state index in [4.69, 9.17) is 0 Å². The fraction of sp³-hybridized carbons (Fsp3) is 0.462. The van der Waals surface area contributed by atoms with Gasteiger partial charge in [0.2, 0.25) is 5.91 Å². The Kier molecular flexibility index (Phi) is 2.53. The summed E-state index contributed by atoms with van der Waals surface area (Å²) in [6.07, 6.45) is 0.698. The van der Waals surface area contributed by atoms with Crippen LogP contribution < -0.4 is 0 Å². The number of hydrogen-bond donors (Lipinski definition) is 0. The van der Waals surface area contributed by atoms with Gasteiger partial charge >= 0.3 is 0 Å². The van der Waals surface area contributed by atoms with E-state index >= 15 is 0 Å². The number of likely N-dealkylation sites (N-methyl/N-ethyl adjacent to an activating group) is 1. The van der Waals surface area contributed by atoms with Crippen molar-refractivity contribution < 1.29 is 14.4 Å². The van der Waals surface area contributed by atoms with E-state index in [1.54, 1.807) is 11.8 Å². The average Bonchev–Trinajstić information content (AvgIpc) is 2.96. The number of amides is 3. The van der Waals surface area contributed by atoms with E-state index in [1.807, 2.05) is 10.8 Å². The van der Waals surface area contributed by atoms with Gasteiger partial charge in [0.15, 0.2) is 0 Å². The van der Waals surface area contributed by atoms with Gasteiger partial charge in [-0.05, 0) is 24.3 Å². The number of nitrogens with zero attached hydrogens (tertiary/aromatic N) is 2. The summed E-state index contributed by atoms with van der Waals surface area (Å²) < 4.78 is 0. The van der Waals surface area contributed by atoms with Crippen molar-refractivity contribution in [2.75, 3.05) is 7.05 Å². The minimum atomic E-state index is -0.906. The zero-order chi connectivity index (χ0) is 13.8. The van der Waals surface area contributed by atoms with Crippen LogP contribution >= 0.6 is 11.3 Å². The van der Waals surface area contributed by atoms with Gasteiger partial charge in [-0.3, -0.25) is 19.3 Å². The van der Waals surface area contributed by atoms with Crippen LogP contribution in [0.4, 0.5) is 0 Å². The van der Waals surface area contributed by atoms with Gasteiger partial charge in [0.05, 0.1) is 5.56 Å². The SMILES string of the molecule is CN1C(=O)CCC(C)(N2Cc3cscc3C2=O)C1=O. The predicted octanol–water partition coefficient (Wildman–Crippen LogP) is 1.24. The molecule has 1 unspecified atom stereocenters. The highest BCUT2D eigenvalue weighted by molar-refractivity contribution is 7.08. The van der Waals surface area contributed by atoms with Gasteiger partial charge in [0.1, 0.15) is 5.54 Å². The predicted molar refractivity (Wildman–Crippen MR) is 69.6 cm³/mol. The van der Waals surface area contributed by atoms with Gasteiger partial charge in [-0.1, -0.05) is 0 Å². The zero-order valence-electron chi connectivity index (χ0n) is 10.8. The molecular formula is C13H14N2O3S. The zero-order valence-corrected chi connectivity index (χ0v) is 11.6. The number of hydrogen-bond acceptors (Lipinski definition) is 4. The number of rotatable bonds is 1. The highest BCUT2D eigenvalue weighted by Gasteiger charge is 2.50. The summed E-state index contributed by atoms with van der Waals surface area (Å²) in [6, 6.07) is 0. The molecule has 3 rings (SSSR count). The maximum Gasteiger partial charge on any atom is 0.256 e. The van der Waals surface area contributed by atoms with Crippen LogP contribution in [0.2, 0.25) is 0 Å². The van der Waals surface area contributed by atoms with Crippen LogP contribution in [0.25, 0.3) is 0 Å². The molecule has 2 aliphatic heterocycles. The molecule has 0 bridgehead atoms. The number of carbonyl (C=O) groups is 3. The molecule has 6 heteroatoms. The third-order valence-electron chi connectivity index (χ3n) is 4.11. The second kappa shape index (κ2) is 3.90. The van der Waals surface area contributed by atoms with Gasteiger partial charge in [-0.2, -0.15) is 11.3 Å². The molecule has 3 amide bonds. The van der Waals surface area contributed by atoms with E-state index in [-0.39, 0.29) is 17.7 Å². The smallest absolute Gasteiger partial charge is 0.256 e. The normalized spacial score (nSPS) is 27.2. The van der Waals surface area contributed by atoms with E-state index in [0.29, 0.717) is 24.9 Å². The van der Waals surface area contributed by atoms with Crippen LogP contribution in [0.5, 0.6) is 0 Å². The Morgan fingerprint density at radius 2 is 2.00 bits per heavy atom. The molecule has 0 saturated carbocycles. The van der Waals surface area contributed by atoms with Gasteiger partial charge < -0.3 is 4.90 Å². The monoisotopic (exact) mass is 278 g/mol. The molecule has 19 heavy (non-hydrogen) atoms. The van der Waals surface area contributed by atoms with Crippen molar-refractivity contribution in [3.8, 4) is 0 Å². The molecule has 1 saturated heterocycles. The number of thiophene rings is 1. The number of piperidine rings is 1. The summed E-state index contributed by atoms with van der Waals surface area (Å²) in [5.41, 5.74) is 0.762.